The summed E-state index contributed by atoms with van der Waals surface area (Å²) in [5, 5.41) is 7.36. The van der Waals surface area contributed by atoms with E-state index in [0.717, 1.165) is 18.5 Å². The van der Waals surface area contributed by atoms with Gasteiger partial charge in [-0.3, -0.25) is 14.0 Å². The van der Waals surface area contributed by atoms with E-state index in [1.54, 1.807) is 29.7 Å². The van der Waals surface area contributed by atoms with E-state index < -0.39 is 6.04 Å². The van der Waals surface area contributed by atoms with Crippen molar-refractivity contribution in [1.29, 1.82) is 0 Å². The van der Waals surface area contributed by atoms with Gasteiger partial charge in [0.05, 0.1) is 11.8 Å². The van der Waals surface area contributed by atoms with Crippen LogP contribution in [0.15, 0.2) is 27.6 Å². The first-order chi connectivity index (χ1) is 14.5. The molecule has 0 unspecified atom stereocenters. The number of carbonyl (C=O) groups excluding carboxylic acids is 1. The van der Waals surface area contributed by atoms with E-state index in [-0.39, 0.29) is 11.5 Å². The Morgan fingerprint density at radius 3 is 2.87 bits per heavy atom. The van der Waals surface area contributed by atoms with Gasteiger partial charge in [0.15, 0.2) is 5.58 Å². The van der Waals surface area contributed by atoms with Crippen LogP contribution >= 0.6 is 0 Å². The summed E-state index contributed by atoms with van der Waals surface area (Å²) in [6.45, 7) is 5.09. The lowest BCUT2D eigenvalue weighted by molar-refractivity contribution is -0.124. The van der Waals surface area contributed by atoms with Crippen molar-refractivity contribution >= 4 is 22.5 Å². The minimum Gasteiger partial charge on any atom is -0.463 e. The van der Waals surface area contributed by atoms with E-state index in [4.69, 9.17) is 4.42 Å². The van der Waals surface area contributed by atoms with Gasteiger partial charge in [0.1, 0.15) is 17.4 Å². The molecule has 1 aliphatic carbocycles. The third-order valence-electron chi connectivity index (χ3n) is 6.36. The zero-order valence-corrected chi connectivity index (χ0v) is 18.1. The summed E-state index contributed by atoms with van der Waals surface area (Å²) in [7, 11) is 2.18. The van der Waals surface area contributed by atoms with Crippen molar-refractivity contribution in [2.75, 3.05) is 20.1 Å². The molecule has 1 atom stereocenters. The quantitative estimate of drug-likeness (QED) is 0.602. The van der Waals surface area contributed by atoms with E-state index in [1.165, 1.54) is 36.8 Å². The van der Waals surface area contributed by atoms with Crippen LogP contribution in [0.25, 0.3) is 16.6 Å². The number of rotatable bonds is 7. The van der Waals surface area contributed by atoms with Crippen LogP contribution in [0.4, 0.5) is 0 Å². The van der Waals surface area contributed by atoms with Crippen LogP contribution < -0.4 is 10.9 Å². The highest BCUT2D eigenvalue weighted by molar-refractivity contribution is 5.83. The zero-order chi connectivity index (χ0) is 21.3. The smallest absolute Gasteiger partial charge is 0.291 e. The first kappa shape index (κ1) is 20.7. The summed E-state index contributed by atoms with van der Waals surface area (Å²) in [6, 6.07) is 3.50. The van der Waals surface area contributed by atoms with Gasteiger partial charge >= 0.3 is 0 Å². The minimum absolute atomic E-state index is 0.191. The largest absolute Gasteiger partial charge is 0.463 e. The van der Waals surface area contributed by atoms with Gasteiger partial charge in [0.2, 0.25) is 5.91 Å². The number of aromatic nitrogens is 3. The van der Waals surface area contributed by atoms with E-state index in [0.29, 0.717) is 29.5 Å². The first-order valence-electron chi connectivity index (χ1n) is 10.9. The Bertz CT molecular complexity index is 1090. The molecule has 162 valence electrons. The number of fused-ring (bicyclic) bond motifs is 3. The summed E-state index contributed by atoms with van der Waals surface area (Å²) >= 11 is 0. The lowest BCUT2D eigenvalue weighted by Gasteiger charge is -2.31. The number of aryl methyl sites for hydroxylation is 1. The van der Waals surface area contributed by atoms with Crippen molar-refractivity contribution in [1.82, 2.24) is 24.4 Å². The highest BCUT2D eigenvalue weighted by Gasteiger charge is 2.22. The molecule has 30 heavy (non-hydrogen) atoms. The predicted molar refractivity (Wildman–Crippen MR) is 116 cm³/mol. The van der Waals surface area contributed by atoms with Gasteiger partial charge in [-0.05, 0) is 46.7 Å². The highest BCUT2D eigenvalue weighted by atomic mass is 16.3. The van der Waals surface area contributed by atoms with E-state index >= 15 is 0 Å². The topological polar surface area (TPSA) is 84.8 Å². The minimum atomic E-state index is -0.682. The summed E-state index contributed by atoms with van der Waals surface area (Å²) in [6.07, 6.45) is 9.03. The Kier molecular flexibility index (Phi) is 5.94. The molecule has 8 nitrogen and oxygen atoms in total. The van der Waals surface area contributed by atoms with Crippen LogP contribution in [-0.2, 0) is 4.79 Å². The van der Waals surface area contributed by atoms with Gasteiger partial charge < -0.3 is 14.6 Å². The summed E-state index contributed by atoms with van der Waals surface area (Å²) in [4.78, 5) is 28.0. The molecule has 3 aromatic rings. The second kappa shape index (κ2) is 8.63. The number of nitrogens with zero attached hydrogens (tertiary/aromatic N) is 4. The third kappa shape index (κ3) is 3.88. The maximum Gasteiger partial charge on any atom is 0.291 e. The fourth-order valence-electron chi connectivity index (χ4n) is 4.56. The van der Waals surface area contributed by atoms with Crippen LogP contribution in [0.5, 0.6) is 0 Å². The van der Waals surface area contributed by atoms with E-state index in [2.05, 4.69) is 22.4 Å². The lowest BCUT2D eigenvalue weighted by atomic mass is 9.94. The number of carbonyl (C=O) groups is 1. The molecule has 1 fully saturated rings. The van der Waals surface area contributed by atoms with Gasteiger partial charge in [0, 0.05) is 24.7 Å². The number of nitrogens with one attached hydrogen (secondary N) is 1. The van der Waals surface area contributed by atoms with Crippen molar-refractivity contribution in [3.63, 3.8) is 0 Å². The van der Waals surface area contributed by atoms with Crippen molar-refractivity contribution in [2.24, 2.45) is 0 Å². The Balaban J connectivity index is 1.38. The fraction of sp³-hybridized carbons (Fsp3) is 0.591. The highest BCUT2D eigenvalue weighted by Crippen LogP contribution is 2.22. The molecule has 3 aromatic heterocycles. The van der Waals surface area contributed by atoms with Gasteiger partial charge in [-0.25, -0.2) is 4.68 Å². The molecule has 0 radical (unpaired) electrons. The molecule has 0 spiro atoms. The summed E-state index contributed by atoms with van der Waals surface area (Å²) in [5.41, 5.74) is 1.60. The molecule has 0 aromatic carbocycles. The van der Waals surface area contributed by atoms with Crippen LogP contribution in [-0.4, -0.2) is 51.2 Å². The Morgan fingerprint density at radius 2 is 2.10 bits per heavy atom. The molecule has 0 bridgehead atoms. The molecule has 0 aliphatic heterocycles. The number of hydrogen-bond donors (Lipinski definition) is 1. The molecular weight excluding hydrogens is 382 g/mol. The molecular formula is C22H31N5O3. The number of furan rings is 1. The van der Waals surface area contributed by atoms with Crippen LogP contribution in [0.2, 0.25) is 0 Å². The van der Waals surface area contributed by atoms with Gasteiger partial charge in [-0.15, -0.1) is 0 Å². The van der Waals surface area contributed by atoms with E-state index in [9.17, 15) is 9.59 Å². The molecule has 8 heteroatoms. The number of amides is 1. The molecule has 0 saturated heterocycles. The zero-order valence-electron chi connectivity index (χ0n) is 18.1. The maximum absolute atomic E-state index is 12.9. The lowest BCUT2D eigenvalue weighted by Crippen LogP contribution is -2.39. The van der Waals surface area contributed by atoms with Gasteiger partial charge in [-0.1, -0.05) is 19.3 Å². The average Bonchev–Trinajstić information content (AvgIpc) is 3.35. The van der Waals surface area contributed by atoms with Crippen molar-refractivity contribution < 1.29 is 9.21 Å². The summed E-state index contributed by atoms with van der Waals surface area (Å²) < 4.78 is 8.45. The number of hydrogen-bond acceptors (Lipinski definition) is 5. The molecule has 1 aliphatic rings. The van der Waals surface area contributed by atoms with Crippen molar-refractivity contribution in [2.45, 2.75) is 64.5 Å². The SMILES string of the molecule is Cc1nn([C@@H](C)C(=O)NCCCN(C)C2CCCCC2)c(=O)c2cc3occc3n12. The first-order valence-corrected chi connectivity index (χ1v) is 10.9. The molecule has 1 saturated carbocycles. The Hall–Kier alpha value is -2.61. The second-order valence-corrected chi connectivity index (χ2v) is 8.43. The normalized spacial score (nSPS) is 16.5. The molecule has 1 N–H and O–H groups in total. The maximum atomic E-state index is 12.9. The summed E-state index contributed by atoms with van der Waals surface area (Å²) in [5.74, 6) is 0.443. The Labute approximate surface area is 175 Å². The van der Waals surface area contributed by atoms with Crippen LogP contribution in [0, 0.1) is 6.92 Å². The van der Waals surface area contributed by atoms with Crippen molar-refractivity contribution in [3.05, 3.63) is 34.6 Å². The average molecular weight is 414 g/mol. The fourth-order valence-corrected chi connectivity index (χ4v) is 4.56. The molecule has 4 rings (SSSR count). The molecule has 1 amide bonds. The van der Waals surface area contributed by atoms with Gasteiger partial charge in [-0.2, -0.15) is 5.10 Å². The van der Waals surface area contributed by atoms with Crippen LogP contribution in [0.1, 0.15) is 57.3 Å². The van der Waals surface area contributed by atoms with E-state index in [1.807, 2.05) is 6.92 Å². The molecule has 3 heterocycles. The second-order valence-electron chi connectivity index (χ2n) is 8.43. The van der Waals surface area contributed by atoms with Crippen molar-refractivity contribution in [3.8, 4) is 0 Å². The Morgan fingerprint density at radius 1 is 1.33 bits per heavy atom. The van der Waals surface area contributed by atoms with Crippen LogP contribution in [0.3, 0.4) is 0 Å². The third-order valence-corrected chi connectivity index (χ3v) is 6.36. The predicted octanol–water partition coefficient (Wildman–Crippen LogP) is 2.88. The standard InChI is InChI=1S/C22H31N5O3/c1-15(21(28)23-11-7-12-25(3)17-8-5-4-6-9-17)27-22(29)19-14-20-18(10-13-30-20)26(19)16(2)24-27/h10,13-15,17H,4-9,11-12H2,1-3H3,(H,23,28)/t15-/m0/s1. The van der Waals surface area contributed by atoms with Gasteiger partial charge in [0.25, 0.3) is 5.56 Å². The monoisotopic (exact) mass is 413 g/mol.